The van der Waals surface area contributed by atoms with Crippen LogP contribution >= 0.6 is 0 Å². The summed E-state index contributed by atoms with van der Waals surface area (Å²) >= 11 is 0. The predicted molar refractivity (Wildman–Crippen MR) is 90.7 cm³/mol. The van der Waals surface area contributed by atoms with Gasteiger partial charge in [0.25, 0.3) is 0 Å². The lowest BCUT2D eigenvalue weighted by atomic mass is 9.95. The topological polar surface area (TPSA) is 113 Å². The predicted octanol–water partition coefficient (Wildman–Crippen LogP) is 2.28. The first-order valence-corrected chi connectivity index (χ1v) is 7.61. The van der Waals surface area contributed by atoms with Gasteiger partial charge >= 0.3 is 5.97 Å². The highest BCUT2D eigenvalue weighted by Crippen LogP contribution is 2.36. The molecule has 0 aliphatic heterocycles. The number of carboxylic acids is 1. The van der Waals surface area contributed by atoms with Gasteiger partial charge in [-0.05, 0) is 24.2 Å². The number of nitrogens with one attached hydrogen (secondary N) is 1. The van der Waals surface area contributed by atoms with Gasteiger partial charge in [0.05, 0.1) is 6.42 Å². The lowest BCUT2D eigenvalue weighted by molar-refractivity contribution is -0.137. The number of carboxylic acid groups (broad SMARTS) is 1. The number of para-hydroxylation sites is 1. The minimum Gasteiger partial charge on any atom is -0.507 e. The molecule has 2 aromatic rings. The fraction of sp³-hybridized carbons (Fsp3) is 0.222. The second kappa shape index (κ2) is 7.61. The Balaban J connectivity index is 2.42. The molecule has 5 N–H and O–H groups in total. The summed E-state index contributed by atoms with van der Waals surface area (Å²) < 4.78 is 0. The second-order valence-electron chi connectivity index (χ2n) is 5.39. The van der Waals surface area contributed by atoms with Gasteiger partial charge in [-0.15, -0.1) is 0 Å². The summed E-state index contributed by atoms with van der Waals surface area (Å²) in [5.41, 5.74) is 7.41. The minimum atomic E-state index is -0.948. The number of carbonyl (C=O) groups is 2. The monoisotopic (exact) mass is 328 g/mol. The highest BCUT2D eigenvalue weighted by Gasteiger charge is 2.20. The smallest absolute Gasteiger partial charge is 0.305 e. The molecule has 1 unspecified atom stereocenters. The SMILES string of the molecule is CCNC(CC(=O)O)c1cccc(-c2ccc(C(N)=O)cc2)c1O. The summed E-state index contributed by atoms with van der Waals surface area (Å²) in [6, 6.07) is 11.3. The van der Waals surface area contributed by atoms with E-state index in [1.54, 1.807) is 42.5 Å². The normalized spacial score (nSPS) is 11.9. The Kier molecular flexibility index (Phi) is 5.55. The van der Waals surface area contributed by atoms with Crippen LogP contribution in [0.1, 0.15) is 35.3 Å². The van der Waals surface area contributed by atoms with Crippen LogP contribution in [0.25, 0.3) is 11.1 Å². The van der Waals surface area contributed by atoms with Crippen molar-refractivity contribution in [3.8, 4) is 16.9 Å². The van der Waals surface area contributed by atoms with Crippen LogP contribution in [0.5, 0.6) is 5.75 Å². The van der Waals surface area contributed by atoms with Gasteiger partial charge in [0.2, 0.25) is 5.91 Å². The first-order chi connectivity index (χ1) is 11.4. The highest BCUT2D eigenvalue weighted by molar-refractivity contribution is 5.93. The Morgan fingerprint density at radius 3 is 2.38 bits per heavy atom. The summed E-state index contributed by atoms with van der Waals surface area (Å²) in [4.78, 5) is 22.2. The summed E-state index contributed by atoms with van der Waals surface area (Å²) in [6.07, 6.45) is -0.133. The number of phenolic OH excluding ortho intramolecular Hbond substituents is 1. The van der Waals surface area contributed by atoms with E-state index in [9.17, 15) is 14.7 Å². The van der Waals surface area contributed by atoms with Crippen LogP contribution in [0, 0.1) is 0 Å². The first kappa shape index (κ1) is 17.5. The molecule has 126 valence electrons. The van der Waals surface area contributed by atoms with Crippen molar-refractivity contribution >= 4 is 11.9 Å². The van der Waals surface area contributed by atoms with Crippen molar-refractivity contribution in [1.82, 2.24) is 5.32 Å². The number of hydrogen-bond acceptors (Lipinski definition) is 4. The van der Waals surface area contributed by atoms with E-state index >= 15 is 0 Å². The average Bonchev–Trinajstić information content (AvgIpc) is 2.54. The largest absolute Gasteiger partial charge is 0.507 e. The molecular formula is C18H20N2O4. The molecule has 2 aromatic carbocycles. The summed E-state index contributed by atoms with van der Waals surface area (Å²) in [5, 5.41) is 22.7. The molecule has 0 aliphatic rings. The van der Waals surface area contributed by atoms with Crippen LogP contribution in [-0.2, 0) is 4.79 Å². The average molecular weight is 328 g/mol. The van der Waals surface area contributed by atoms with Gasteiger partial charge in [0.15, 0.2) is 0 Å². The molecule has 0 heterocycles. The number of carbonyl (C=O) groups excluding carboxylic acids is 1. The van der Waals surface area contributed by atoms with E-state index in [1.165, 1.54) is 0 Å². The molecule has 0 saturated carbocycles. The van der Waals surface area contributed by atoms with E-state index < -0.39 is 17.9 Å². The van der Waals surface area contributed by atoms with E-state index in [1.807, 2.05) is 6.92 Å². The molecular weight excluding hydrogens is 308 g/mol. The fourth-order valence-corrected chi connectivity index (χ4v) is 2.60. The Hall–Kier alpha value is -2.86. The standard InChI is InChI=1S/C18H20N2O4/c1-2-20-15(10-16(21)22)14-5-3-4-13(17(14)23)11-6-8-12(9-7-11)18(19)24/h3-9,15,20,23H,2,10H2,1H3,(H2,19,24)(H,21,22). The zero-order valence-electron chi connectivity index (χ0n) is 13.3. The highest BCUT2D eigenvalue weighted by atomic mass is 16.4. The maximum Gasteiger partial charge on any atom is 0.305 e. The molecule has 0 radical (unpaired) electrons. The number of primary amides is 1. The minimum absolute atomic E-state index is 0.0246. The van der Waals surface area contributed by atoms with Gasteiger partial charge in [-0.2, -0.15) is 0 Å². The molecule has 0 aromatic heterocycles. The van der Waals surface area contributed by atoms with E-state index in [2.05, 4.69) is 5.32 Å². The molecule has 2 rings (SSSR count). The lowest BCUT2D eigenvalue weighted by Crippen LogP contribution is -2.23. The third-order valence-corrected chi connectivity index (χ3v) is 3.75. The zero-order chi connectivity index (χ0) is 17.7. The summed E-state index contributed by atoms with van der Waals surface area (Å²) in [7, 11) is 0. The van der Waals surface area contributed by atoms with Gasteiger partial charge in [-0.25, -0.2) is 0 Å². The summed E-state index contributed by atoms with van der Waals surface area (Å²) in [6.45, 7) is 2.45. The van der Waals surface area contributed by atoms with Crippen LogP contribution in [-0.4, -0.2) is 28.6 Å². The number of rotatable bonds is 7. The molecule has 0 aliphatic carbocycles. The van der Waals surface area contributed by atoms with Crippen molar-refractivity contribution in [2.45, 2.75) is 19.4 Å². The number of aromatic hydroxyl groups is 1. The number of aliphatic carboxylic acids is 1. The second-order valence-corrected chi connectivity index (χ2v) is 5.39. The third kappa shape index (κ3) is 3.91. The van der Waals surface area contributed by atoms with Crippen LogP contribution in [0.2, 0.25) is 0 Å². The van der Waals surface area contributed by atoms with Gasteiger partial charge < -0.3 is 21.3 Å². The molecule has 1 amide bonds. The van der Waals surface area contributed by atoms with Crippen LogP contribution in [0.15, 0.2) is 42.5 Å². The number of hydrogen-bond donors (Lipinski definition) is 4. The molecule has 0 fully saturated rings. The number of nitrogens with two attached hydrogens (primary N) is 1. The first-order valence-electron chi connectivity index (χ1n) is 7.61. The van der Waals surface area contributed by atoms with Gasteiger partial charge in [0.1, 0.15) is 5.75 Å². The molecule has 0 spiro atoms. The van der Waals surface area contributed by atoms with Crippen molar-refractivity contribution in [1.29, 1.82) is 0 Å². The number of amides is 1. The molecule has 0 bridgehead atoms. The lowest BCUT2D eigenvalue weighted by Gasteiger charge is -2.19. The van der Waals surface area contributed by atoms with E-state index in [0.717, 1.165) is 0 Å². The molecule has 0 saturated heterocycles. The fourth-order valence-electron chi connectivity index (χ4n) is 2.60. The molecule has 6 nitrogen and oxygen atoms in total. The van der Waals surface area contributed by atoms with Crippen LogP contribution in [0.3, 0.4) is 0 Å². The molecule has 1 atom stereocenters. The van der Waals surface area contributed by atoms with Gasteiger partial charge in [-0.1, -0.05) is 37.3 Å². The Morgan fingerprint density at radius 1 is 1.17 bits per heavy atom. The molecule has 24 heavy (non-hydrogen) atoms. The van der Waals surface area contributed by atoms with Crippen molar-refractivity contribution < 1.29 is 19.8 Å². The van der Waals surface area contributed by atoms with Gasteiger partial charge in [-0.3, -0.25) is 9.59 Å². The molecule has 6 heteroatoms. The maximum atomic E-state index is 11.1. The number of phenols is 1. The van der Waals surface area contributed by atoms with Crippen molar-refractivity contribution in [2.75, 3.05) is 6.54 Å². The van der Waals surface area contributed by atoms with E-state index in [4.69, 9.17) is 10.8 Å². The van der Waals surface area contributed by atoms with E-state index in [-0.39, 0.29) is 12.2 Å². The van der Waals surface area contributed by atoms with Crippen molar-refractivity contribution in [3.05, 3.63) is 53.6 Å². The number of benzene rings is 2. The summed E-state index contributed by atoms with van der Waals surface area (Å²) in [5.74, 6) is -1.44. The Labute approximate surface area is 139 Å². The zero-order valence-corrected chi connectivity index (χ0v) is 13.3. The Bertz CT molecular complexity index is 741. The quantitative estimate of drug-likeness (QED) is 0.623. The van der Waals surface area contributed by atoms with Gasteiger partial charge in [0, 0.05) is 22.7 Å². The third-order valence-electron chi connectivity index (χ3n) is 3.75. The van der Waals surface area contributed by atoms with Crippen LogP contribution in [0.4, 0.5) is 0 Å². The van der Waals surface area contributed by atoms with Crippen molar-refractivity contribution in [3.63, 3.8) is 0 Å². The maximum absolute atomic E-state index is 11.1. The van der Waals surface area contributed by atoms with Crippen molar-refractivity contribution in [2.24, 2.45) is 5.73 Å². The van der Waals surface area contributed by atoms with Crippen LogP contribution < -0.4 is 11.1 Å². The Morgan fingerprint density at radius 2 is 1.83 bits per heavy atom. The van der Waals surface area contributed by atoms with E-state index in [0.29, 0.717) is 28.8 Å².